The van der Waals surface area contributed by atoms with Crippen molar-refractivity contribution in [1.82, 2.24) is 25.3 Å². The fourth-order valence-corrected chi connectivity index (χ4v) is 5.58. The van der Waals surface area contributed by atoms with Crippen LogP contribution >= 0.6 is 0 Å². The van der Waals surface area contributed by atoms with Gasteiger partial charge in [0.2, 0.25) is 11.9 Å². The van der Waals surface area contributed by atoms with Crippen LogP contribution in [-0.4, -0.2) is 62.6 Å². The normalized spacial score (nSPS) is 13.9. The fraction of sp³-hybridized carbons (Fsp3) is 0.200. The van der Waals surface area contributed by atoms with Gasteiger partial charge in [-0.15, -0.1) is 4.40 Å². The molecule has 232 valence electrons. The lowest BCUT2D eigenvalue weighted by molar-refractivity contribution is -0.126. The summed E-state index contributed by atoms with van der Waals surface area (Å²) in [6, 6.07) is 5.97. The number of nitriles is 1. The van der Waals surface area contributed by atoms with Crippen molar-refractivity contribution >= 4 is 49.4 Å². The number of nitrogens with zero attached hydrogens (tertiary/aromatic N) is 3. The van der Waals surface area contributed by atoms with Crippen LogP contribution in [0.1, 0.15) is 24.1 Å². The minimum absolute atomic E-state index is 0.0251. The fourth-order valence-electron chi connectivity index (χ4n) is 3.78. The van der Waals surface area contributed by atoms with Crippen molar-refractivity contribution in [3.8, 4) is 6.19 Å². The van der Waals surface area contributed by atoms with E-state index in [4.69, 9.17) is 16.7 Å². The molecule has 0 saturated carbocycles. The highest BCUT2D eigenvalue weighted by molar-refractivity contribution is 7.90. The van der Waals surface area contributed by atoms with Crippen LogP contribution in [0.15, 0.2) is 75.2 Å². The number of aromatic nitrogens is 2. The van der Waals surface area contributed by atoms with Crippen LogP contribution in [0, 0.1) is 18.4 Å². The first-order chi connectivity index (χ1) is 20.6. The van der Waals surface area contributed by atoms with E-state index in [1.54, 1.807) is 6.92 Å². The molecule has 19 heteroatoms. The Labute approximate surface area is 252 Å². The third-order valence-electron chi connectivity index (χ3n) is 5.89. The van der Waals surface area contributed by atoms with Gasteiger partial charge in [0.1, 0.15) is 6.04 Å². The Morgan fingerprint density at radius 2 is 1.64 bits per heavy atom. The Bertz CT molecular complexity index is 1800. The van der Waals surface area contributed by atoms with E-state index >= 15 is 0 Å². The summed E-state index contributed by atoms with van der Waals surface area (Å²) in [7, 11) is -8.70. The van der Waals surface area contributed by atoms with Gasteiger partial charge >= 0.3 is 6.03 Å². The van der Waals surface area contributed by atoms with Crippen molar-refractivity contribution in [2.75, 3.05) is 5.32 Å². The van der Waals surface area contributed by atoms with Crippen molar-refractivity contribution in [3.63, 3.8) is 0 Å². The van der Waals surface area contributed by atoms with Crippen LogP contribution < -0.4 is 32.1 Å². The highest BCUT2D eigenvalue weighted by atomic mass is 32.2. The minimum atomic E-state index is -4.38. The molecule has 17 nitrogen and oxygen atoms in total. The number of benzene rings is 2. The second-order valence-electron chi connectivity index (χ2n) is 9.25. The highest BCUT2D eigenvalue weighted by Gasteiger charge is 2.39. The second kappa shape index (κ2) is 13.8. The van der Waals surface area contributed by atoms with Crippen LogP contribution in [0.5, 0.6) is 0 Å². The number of amides is 3. The molecule has 1 aromatic heterocycles. The second-order valence-corrected chi connectivity index (χ2v) is 12.5. The molecule has 0 saturated heterocycles. The maximum atomic E-state index is 13.6. The number of sulfonamides is 2. The van der Waals surface area contributed by atoms with Gasteiger partial charge in [0.05, 0.1) is 28.1 Å². The Morgan fingerprint density at radius 1 is 1.02 bits per heavy atom. The zero-order valence-electron chi connectivity index (χ0n) is 23.2. The summed E-state index contributed by atoms with van der Waals surface area (Å²) in [5.74, 6) is -3.79. The first kappa shape index (κ1) is 33.2. The average molecular weight is 645 g/mol. The average Bonchev–Trinajstić information content (AvgIpc) is 3.47. The van der Waals surface area contributed by atoms with Gasteiger partial charge in [-0.25, -0.2) is 22.9 Å². The topological polar surface area (TPSA) is 284 Å². The number of nitrogens with two attached hydrogens (primary N) is 2. The predicted molar refractivity (Wildman–Crippen MR) is 156 cm³/mol. The summed E-state index contributed by atoms with van der Waals surface area (Å²) in [5, 5.41) is 15.1. The molecule has 0 aliphatic carbocycles. The van der Waals surface area contributed by atoms with Crippen molar-refractivity contribution < 1.29 is 31.2 Å². The molecule has 0 fully saturated rings. The van der Waals surface area contributed by atoms with Gasteiger partial charge in [-0.2, -0.15) is 13.7 Å². The molecule has 0 aliphatic heterocycles. The molecule has 3 atom stereocenters. The molecule has 3 aromatic rings. The molecule has 44 heavy (non-hydrogen) atoms. The maximum absolute atomic E-state index is 13.6. The number of anilines is 1. The van der Waals surface area contributed by atoms with E-state index in [2.05, 4.69) is 25.0 Å². The SMILES string of the molecule is Cc1ccc(S(=O)(=O)NC(=O)N[C@H](C(=O)Nc2ccc(S(=O)(=O)/N=C(\N)NC#N)cc2)C(C(=O)[C@H](C)N)c2cnc[nH]2)cc1. The van der Waals surface area contributed by atoms with E-state index in [0.29, 0.717) is 0 Å². The van der Waals surface area contributed by atoms with Crippen LogP contribution in [0.4, 0.5) is 10.5 Å². The molecular formula is C25H28N10O7S2. The summed E-state index contributed by atoms with van der Waals surface area (Å²) in [6.45, 7) is 3.11. The number of imidazole rings is 1. The largest absolute Gasteiger partial charge is 0.368 e. The summed E-state index contributed by atoms with van der Waals surface area (Å²) in [4.78, 5) is 45.7. The van der Waals surface area contributed by atoms with Gasteiger partial charge in [-0.1, -0.05) is 17.7 Å². The molecule has 0 aliphatic rings. The number of aromatic amines is 1. The smallest absolute Gasteiger partial charge is 0.329 e. The van der Waals surface area contributed by atoms with Crippen molar-refractivity contribution in [2.24, 2.45) is 15.9 Å². The van der Waals surface area contributed by atoms with Gasteiger partial charge in [0, 0.05) is 17.6 Å². The monoisotopic (exact) mass is 644 g/mol. The molecule has 3 amide bonds. The van der Waals surface area contributed by atoms with Gasteiger partial charge in [0.15, 0.2) is 12.0 Å². The Balaban J connectivity index is 1.93. The number of rotatable bonds is 11. The third-order valence-corrected chi connectivity index (χ3v) is 8.54. The van der Waals surface area contributed by atoms with Gasteiger partial charge in [0.25, 0.3) is 20.0 Å². The number of Topliss-reactive ketones (excluding diaryl/α,β-unsaturated/α-hetero) is 1. The van der Waals surface area contributed by atoms with Crippen molar-refractivity contribution in [3.05, 3.63) is 72.3 Å². The number of carbonyl (C=O) groups is 3. The van der Waals surface area contributed by atoms with E-state index < -0.39 is 61.7 Å². The number of guanidine groups is 1. The standard InChI is InChI=1S/C25H28N10O7S2/c1-14-3-7-17(8-4-14)44(41,42)35-25(38)33-21(20(22(36)15(2)27)19-11-29-13-31-19)23(37)32-16-5-9-18(10-6-16)43(39,40)34-24(28)30-12-26/h3-11,13,15,20-21H,27H2,1-2H3,(H,29,31)(H,32,37)(H3,28,30,34)(H2,33,35,38)/t15-,20?,21-/m0/s1. The molecule has 0 spiro atoms. The van der Waals surface area contributed by atoms with E-state index in [1.807, 2.05) is 10.0 Å². The van der Waals surface area contributed by atoms with Crippen LogP contribution in [0.2, 0.25) is 0 Å². The maximum Gasteiger partial charge on any atom is 0.329 e. The lowest BCUT2D eigenvalue weighted by atomic mass is 9.88. The molecule has 3 rings (SSSR count). The molecule has 9 N–H and O–H groups in total. The minimum Gasteiger partial charge on any atom is -0.368 e. The van der Waals surface area contributed by atoms with Crippen LogP contribution in [0.3, 0.4) is 0 Å². The van der Waals surface area contributed by atoms with Crippen LogP contribution in [0.25, 0.3) is 0 Å². The molecule has 1 unspecified atom stereocenters. The molecular weight excluding hydrogens is 616 g/mol. The van der Waals surface area contributed by atoms with E-state index in [0.717, 1.165) is 17.7 Å². The predicted octanol–water partition coefficient (Wildman–Crippen LogP) is -0.512. The number of hydrogen-bond donors (Lipinski definition) is 7. The summed E-state index contributed by atoms with van der Waals surface area (Å²) in [5.41, 5.74) is 12.1. The highest BCUT2D eigenvalue weighted by Crippen LogP contribution is 2.23. The Hall–Kier alpha value is -5.32. The number of carbonyl (C=O) groups excluding carboxylic acids is 3. The number of urea groups is 1. The molecule has 0 bridgehead atoms. The summed E-state index contributed by atoms with van der Waals surface area (Å²) in [6.07, 6.45) is 3.90. The molecule has 0 radical (unpaired) electrons. The van der Waals surface area contributed by atoms with Crippen molar-refractivity contribution in [1.29, 1.82) is 5.26 Å². The third kappa shape index (κ3) is 8.37. The zero-order valence-corrected chi connectivity index (χ0v) is 24.8. The van der Waals surface area contributed by atoms with Crippen molar-refractivity contribution in [2.45, 2.75) is 41.6 Å². The first-order valence-corrected chi connectivity index (χ1v) is 15.4. The molecule has 2 aromatic carbocycles. The van der Waals surface area contributed by atoms with Gasteiger partial charge in [-0.05, 0) is 50.2 Å². The van der Waals surface area contributed by atoms with E-state index in [9.17, 15) is 31.2 Å². The number of aryl methyl sites for hydroxylation is 1. The van der Waals surface area contributed by atoms with Gasteiger partial charge < -0.3 is 27.1 Å². The zero-order chi connectivity index (χ0) is 32.7. The number of H-pyrrole nitrogens is 1. The Kier molecular flexibility index (Phi) is 10.4. The quantitative estimate of drug-likeness (QED) is 0.0601. The first-order valence-electron chi connectivity index (χ1n) is 12.5. The van der Waals surface area contributed by atoms with E-state index in [-0.39, 0.29) is 21.2 Å². The Morgan fingerprint density at radius 3 is 2.18 bits per heavy atom. The lowest BCUT2D eigenvalue weighted by Gasteiger charge is -2.27. The number of ketones is 1. The summed E-state index contributed by atoms with van der Waals surface area (Å²) < 4.78 is 55.5. The van der Waals surface area contributed by atoms with Crippen LogP contribution in [-0.2, 0) is 29.6 Å². The van der Waals surface area contributed by atoms with E-state index in [1.165, 1.54) is 62.0 Å². The summed E-state index contributed by atoms with van der Waals surface area (Å²) >= 11 is 0. The number of nitrogens with one attached hydrogen (secondary N) is 5. The van der Waals surface area contributed by atoms with Gasteiger partial charge in [-0.3, -0.25) is 14.9 Å². The number of hydrogen-bond acceptors (Lipinski definition) is 10. The lowest BCUT2D eigenvalue weighted by Crippen LogP contribution is -2.55. The molecule has 1 heterocycles.